The van der Waals surface area contributed by atoms with Gasteiger partial charge in [-0.2, -0.15) is 5.10 Å². The molecule has 5 rings (SSSR count). The van der Waals surface area contributed by atoms with Gasteiger partial charge in [0.15, 0.2) is 6.21 Å². The predicted molar refractivity (Wildman–Crippen MR) is 146 cm³/mol. The smallest absolute Gasteiger partial charge is 0.321 e. The molecule has 7 nitrogen and oxygen atoms in total. The van der Waals surface area contributed by atoms with Crippen LogP contribution in [-0.2, 0) is 11.5 Å². The second-order valence-corrected chi connectivity index (χ2v) is 16.2. The van der Waals surface area contributed by atoms with Crippen LogP contribution in [0.2, 0.25) is 25.7 Å². The zero-order chi connectivity index (χ0) is 25.0. The lowest BCUT2D eigenvalue weighted by Crippen LogP contribution is -2.22. The molecular formula is C28H34N5O2Si+. The van der Waals surface area contributed by atoms with E-state index in [0.717, 1.165) is 42.4 Å². The molecule has 1 fully saturated rings. The topological polar surface area (TPSA) is 65.1 Å². The molecule has 2 aromatic heterocycles. The van der Waals surface area contributed by atoms with Gasteiger partial charge in [0.2, 0.25) is 0 Å². The van der Waals surface area contributed by atoms with Crippen LogP contribution in [0.15, 0.2) is 61.1 Å². The third-order valence-corrected chi connectivity index (χ3v) is 8.07. The summed E-state index contributed by atoms with van der Waals surface area (Å²) in [4.78, 5) is 8.86. The van der Waals surface area contributed by atoms with Crippen LogP contribution in [0, 0.1) is 0 Å². The maximum absolute atomic E-state index is 5.96. The summed E-state index contributed by atoms with van der Waals surface area (Å²) in [5.41, 5.74) is 3.02. The summed E-state index contributed by atoms with van der Waals surface area (Å²) in [5, 5.41) is 6.70. The summed E-state index contributed by atoms with van der Waals surface area (Å²) in [6.45, 7) is 10.5. The minimum Gasteiger partial charge on any atom is -0.424 e. The Hall–Kier alpha value is -3.36. The molecule has 2 aromatic carbocycles. The third kappa shape index (κ3) is 6.25. The number of fused-ring (bicyclic) bond motifs is 1. The minimum absolute atomic E-state index is 0.314. The summed E-state index contributed by atoms with van der Waals surface area (Å²) in [7, 11) is -1.11. The fourth-order valence-corrected chi connectivity index (χ4v) is 5.04. The zero-order valence-corrected chi connectivity index (χ0v) is 22.4. The standard InChI is InChI=1S/C28H34N5O2Si/c1-36(2,3)15-14-34-21-33-27(10-11-31-33)25-18-29-28(30-19-25)35-26-9-8-23-16-22(6-7-24(23)17-26)20-32-12-4-5-13-32/h6-11,16-20H,4-5,12-15,21H2,1-3H3/q+1. The van der Waals surface area contributed by atoms with Gasteiger partial charge in [-0.3, -0.25) is 0 Å². The molecule has 8 heteroatoms. The van der Waals surface area contributed by atoms with E-state index in [2.05, 4.69) is 69.8 Å². The van der Waals surface area contributed by atoms with Crippen LogP contribution in [0.1, 0.15) is 18.4 Å². The van der Waals surface area contributed by atoms with Crippen molar-refractivity contribution in [2.24, 2.45) is 0 Å². The fraction of sp³-hybridized carbons (Fsp3) is 0.357. The fourth-order valence-electron chi connectivity index (χ4n) is 4.28. The number of rotatable bonds is 9. The first-order valence-corrected chi connectivity index (χ1v) is 16.4. The lowest BCUT2D eigenvalue weighted by Gasteiger charge is -2.15. The molecule has 36 heavy (non-hydrogen) atoms. The van der Waals surface area contributed by atoms with Crippen molar-refractivity contribution >= 4 is 25.1 Å². The van der Waals surface area contributed by atoms with Gasteiger partial charge in [0, 0.05) is 57.2 Å². The lowest BCUT2D eigenvalue weighted by molar-refractivity contribution is -0.500. The number of hydrogen-bond acceptors (Lipinski definition) is 5. The van der Waals surface area contributed by atoms with Gasteiger partial charge in [-0.15, -0.1) is 0 Å². The molecule has 0 N–H and O–H groups in total. The van der Waals surface area contributed by atoms with E-state index in [1.807, 2.05) is 22.9 Å². The molecule has 0 radical (unpaired) electrons. The Morgan fingerprint density at radius 2 is 1.72 bits per heavy atom. The van der Waals surface area contributed by atoms with Crippen molar-refractivity contribution in [1.82, 2.24) is 19.7 Å². The Morgan fingerprint density at radius 1 is 0.972 bits per heavy atom. The molecule has 0 unspecified atom stereocenters. The highest BCUT2D eigenvalue weighted by molar-refractivity contribution is 6.76. The minimum atomic E-state index is -1.11. The van der Waals surface area contributed by atoms with Crippen molar-refractivity contribution in [2.75, 3.05) is 19.7 Å². The van der Waals surface area contributed by atoms with Gasteiger partial charge < -0.3 is 9.47 Å². The average Bonchev–Trinajstić information content (AvgIpc) is 3.54. The third-order valence-electron chi connectivity index (χ3n) is 6.37. The largest absolute Gasteiger partial charge is 0.424 e. The molecule has 1 saturated heterocycles. The van der Waals surface area contributed by atoms with E-state index >= 15 is 0 Å². The van der Waals surface area contributed by atoms with Crippen molar-refractivity contribution in [3.8, 4) is 23.0 Å². The molecule has 186 valence electrons. The van der Waals surface area contributed by atoms with Gasteiger partial charge in [0.1, 0.15) is 25.6 Å². The second kappa shape index (κ2) is 10.7. The molecule has 0 atom stereocenters. The summed E-state index contributed by atoms with van der Waals surface area (Å²) in [6.07, 6.45) is 10.1. The molecule has 0 amide bonds. The number of aromatic nitrogens is 4. The highest BCUT2D eigenvalue weighted by Gasteiger charge is 2.14. The van der Waals surface area contributed by atoms with E-state index in [1.165, 1.54) is 23.8 Å². The summed E-state index contributed by atoms with van der Waals surface area (Å²) in [5.74, 6) is 0.715. The van der Waals surface area contributed by atoms with Gasteiger partial charge in [-0.25, -0.2) is 19.2 Å². The number of hydrogen-bond donors (Lipinski definition) is 0. The zero-order valence-electron chi connectivity index (χ0n) is 21.4. The Kier molecular flexibility index (Phi) is 7.25. The molecule has 0 bridgehead atoms. The van der Waals surface area contributed by atoms with Crippen LogP contribution >= 0.6 is 0 Å². The van der Waals surface area contributed by atoms with Crippen molar-refractivity contribution in [3.63, 3.8) is 0 Å². The van der Waals surface area contributed by atoms with E-state index < -0.39 is 8.07 Å². The molecule has 1 aliphatic heterocycles. The molecule has 4 aromatic rings. The van der Waals surface area contributed by atoms with Crippen LogP contribution in [0.25, 0.3) is 22.0 Å². The average molecular weight is 501 g/mol. The number of benzene rings is 2. The Labute approximate surface area is 213 Å². The predicted octanol–water partition coefficient (Wildman–Crippen LogP) is 5.82. The normalized spacial score (nSPS) is 13.9. The van der Waals surface area contributed by atoms with E-state index in [-0.39, 0.29) is 0 Å². The van der Waals surface area contributed by atoms with Crippen molar-refractivity contribution in [1.29, 1.82) is 0 Å². The molecule has 3 heterocycles. The summed E-state index contributed by atoms with van der Waals surface area (Å²) < 4.78 is 16.0. The van der Waals surface area contributed by atoms with Gasteiger partial charge in [0.05, 0.1) is 5.69 Å². The Morgan fingerprint density at radius 3 is 2.50 bits per heavy atom. The van der Waals surface area contributed by atoms with E-state index in [1.54, 1.807) is 18.6 Å². The van der Waals surface area contributed by atoms with Crippen molar-refractivity contribution in [3.05, 3.63) is 66.6 Å². The number of ether oxygens (including phenoxy) is 2. The van der Waals surface area contributed by atoms with E-state index in [0.29, 0.717) is 18.5 Å². The molecule has 0 aliphatic carbocycles. The second-order valence-electron chi connectivity index (χ2n) is 10.6. The monoisotopic (exact) mass is 500 g/mol. The van der Waals surface area contributed by atoms with Gasteiger partial charge in [0.25, 0.3) is 0 Å². The maximum atomic E-state index is 5.96. The highest BCUT2D eigenvalue weighted by atomic mass is 28.3. The van der Waals surface area contributed by atoms with E-state index in [9.17, 15) is 0 Å². The summed E-state index contributed by atoms with van der Waals surface area (Å²) >= 11 is 0. The van der Waals surface area contributed by atoms with Gasteiger partial charge >= 0.3 is 6.01 Å². The van der Waals surface area contributed by atoms with Gasteiger partial charge in [-0.1, -0.05) is 31.8 Å². The quantitative estimate of drug-likeness (QED) is 0.165. The van der Waals surface area contributed by atoms with Crippen LogP contribution in [0.5, 0.6) is 11.8 Å². The van der Waals surface area contributed by atoms with Crippen molar-refractivity contribution in [2.45, 2.75) is 45.3 Å². The highest BCUT2D eigenvalue weighted by Crippen LogP contribution is 2.26. The Balaban J connectivity index is 1.23. The van der Waals surface area contributed by atoms with Crippen LogP contribution in [0.3, 0.4) is 0 Å². The first-order chi connectivity index (χ1) is 17.4. The Bertz CT molecular complexity index is 1350. The van der Waals surface area contributed by atoms with Gasteiger partial charge in [-0.05, 0) is 47.1 Å². The first-order valence-electron chi connectivity index (χ1n) is 12.7. The maximum Gasteiger partial charge on any atom is 0.321 e. The lowest BCUT2D eigenvalue weighted by atomic mass is 10.1. The molecule has 1 aliphatic rings. The van der Waals surface area contributed by atoms with E-state index in [4.69, 9.17) is 9.47 Å². The molecular weight excluding hydrogens is 466 g/mol. The van der Waals surface area contributed by atoms with Crippen LogP contribution in [0.4, 0.5) is 0 Å². The van der Waals surface area contributed by atoms with Crippen LogP contribution < -0.4 is 4.74 Å². The van der Waals surface area contributed by atoms with Crippen LogP contribution in [-0.4, -0.2) is 58.3 Å². The SMILES string of the molecule is C[Si](C)(C)CCOCn1nccc1-c1cnc(Oc2ccc3cc(C=[N+]4CCCC4)ccc3c2)nc1. The molecule has 0 saturated carbocycles. The van der Waals surface area contributed by atoms with Crippen molar-refractivity contribution < 1.29 is 14.0 Å². The number of nitrogens with zero attached hydrogens (tertiary/aromatic N) is 5. The first kappa shape index (κ1) is 24.3. The summed E-state index contributed by atoms with van der Waals surface area (Å²) in [6, 6.07) is 16.0. The molecule has 0 spiro atoms.